The minimum Gasteiger partial charge on any atom is -0.489 e. The maximum Gasteiger partial charge on any atom is 0.309 e. The van der Waals surface area contributed by atoms with E-state index in [1.165, 1.54) is 0 Å². The van der Waals surface area contributed by atoms with Gasteiger partial charge < -0.3 is 13.9 Å². The molecule has 0 unspecified atom stereocenters. The van der Waals surface area contributed by atoms with E-state index in [1.54, 1.807) is 36.4 Å². The minimum absolute atomic E-state index is 0.0899. The lowest BCUT2D eigenvalue weighted by atomic mass is 10.1. The van der Waals surface area contributed by atoms with Gasteiger partial charge in [-0.2, -0.15) is 10.2 Å². The molecule has 4 rings (SSSR count). The lowest BCUT2D eigenvalue weighted by Crippen LogP contribution is -2.09. The van der Waals surface area contributed by atoms with Crippen molar-refractivity contribution in [1.29, 1.82) is 5.26 Å². The molecule has 0 atom stereocenters. The number of aromatic nitrogens is 1. The predicted molar refractivity (Wildman–Crippen MR) is 130 cm³/mol. The molecular weight excluding hydrogens is 501 g/mol. The fraction of sp³-hybridized carbons (Fsp3) is 0.130. The van der Waals surface area contributed by atoms with Gasteiger partial charge in [0.15, 0.2) is 11.3 Å². The van der Waals surface area contributed by atoms with Crippen molar-refractivity contribution >= 4 is 50.3 Å². The average molecular weight is 518 g/mol. The molecule has 1 aromatic heterocycles. The Bertz CT molecular complexity index is 1500. The first-order valence-corrected chi connectivity index (χ1v) is 12.7. The molecule has 3 aromatic carbocycles. The molecule has 0 aliphatic carbocycles. The molecule has 174 valence electrons. The number of anilines is 1. The lowest BCUT2D eigenvalue weighted by molar-refractivity contribution is 0.341. The highest BCUT2D eigenvalue weighted by atomic mass is 35.5. The van der Waals surface area contributed by atoms with Gasteiger partial charge in [-0.25, -0.2) is 13.1 Å². The number of alkyl halides is 1. The van der Waals surface area contributed by atoms with Crippen molar-refractivity contribution in [1.82, 2.24) is 4.98 Å². The van der Waals surface area contributed by atoms with Gasteiger partial charge in [0, 0.05) is 12.1 Å². The van der Waals surface area contributed by atoms with Gasteiger partial charge in [0.25, 0.3) is 0 Å². The monoisotopic (exact) mass is 517 g/mol. The van der Waals surface area contributed by atoms with E-state index in [4.69, 9.17) is 37.1 Å². The number of oxazole rings is 1. The standard InChI is InChI=1S/C23H17Cl2N3O5S/c1-34(29,30)28-23-27-20-7-4-15(11-21(20)33-23)14-2-5-17(6-3-14)32-18-10-16(13-26)22(19(25)12-18)31-9-8-24/h2-7,10-12H,8-9H2,1H3,(H,27,28). The van der Waals surface area contributed by atoms with Gasteiger partial charge in [0.2, 0.25) is 10.0 Å². The Labute approximate surface area is 205 Å². The fourth-order valence-corrected chi connectivity index (χ4v) is 3.90. The molecule has 11 heteroatoms. The molecule has 1 N–H and O–H groups in total. The van der Waals surface area contributed by atoms with E-state index in [0.29, 0.717) is 22.6 Å². The molecule has 34 heavy (non-hydrogen) atoms. The summed E-state index contributed by atoms with van der Waals surface area (Å²) in [5.74, 6) is 1.47. The van der Waals surface area contributed by atoms with Gasteiger partial charge >= 0.3 is 6.01 Å². The molecule has 0 aliphatic heterocycles. The Morgan fingerprint density at radius 3 is 2.50 bits per heavy atom. The quantitative estimate of drug-likeness (QED) is 0.293. The zero-order valence-corrected chi connectivity index (χ0v) is 20.0. The van der Waals surface area contributed by atoms with Crippen LogP contribution in [-0.4, -0.2) is 32.1 Å². The van der Waals surface area contributed by atoms with Crippen LogP contribution in [0, 0.1) is 11.3 Å². The van der Waals surface area contributed by atoms with Crippen LogP contribution in [0.5, 0.6) is 17.2 Å². The predicted octanol–water partition coefficient (Wildman–Crippen LogP) is 5.80. The molecule has 0 bridgehead atoms. The number of hydrogen-bond acceptors (Lipinski definition) is 7. The third kappa shape index (κ3) is 5.54. The van der Waals surface area contributed by atoms with Crippen molar-refractivity contribution in [2.45, 2.75) is 0 Å². The molecule has 0 fully saturated rings. The number of benzene rings is 3. The lowest BCUT2D eigenvalue weighted by Gasteiger charge is -2.12. The van der Waals surface area contributed by atoms with Crippen molar-refractivity contribution in [2.24, 2.45) is 0 Å². The summed E-state index contributed by atoms with van der Waals surface area (Å²) >= 11 is 11.9. The summed E-state index contributed by atoms with van der Waals surface area (Å²) in [6.07, 6.45) is 1.02. The van der Waals surface area contributed by atoms with Gasteiger partial charge in [-0.05, 0) is 35.4 Å². The largest absolute Gasteiger partial charge is 0.489 e. The second-order valence-electron chi connectivity index (χ2n) is 7.13. The molecule has 1 heterocycles. The third-order valence-electron chi connectivity index (χ3n) is 4.55. The highest BCUT2D eigenvalue weighted by Crippen LogP contribution is 2.35. The maximum atomic E-state index is 11.4. The molecule has 4 aromatic rings. The SMILES string of the molecule is CS(=O)(=O)Nc1nc2ccc(-c3ccc(Oc4cc(Cl)c(OCCCl)c(C#N)c4)cc3)cc2o1. The van der Waals surface area contributed by atoms with Crippen LogP contribution in [0.2, 0.25) is 5.02 Å². The van der Waals surface area contributed by atoms with E-state index >= 15 is 0 Å². The summed E-state index contributed by atoms with van der Waals surface area (Å²) in [7, 11) is -3.49. The normalized spacial score (nSPS) is 11.2. The smallest absolute Gasteiger partial charge is 0.309 e. The molecule has 0 aliphatic rings. The van der Waals surface area contributed by atoms with Gasteiger partial charge in [0.1, 0.15) is 29.7 Å². The molecule has 0 amide bonds. The van der Waals surface area contributed by atoms with Crippen LogP contribution in [0.15, 0.2) is 59.0 Å². The summed E-state index contributed by atoms with van der Waals surface area (Å²) in [6.45, 7) is 0.229. The van der Waals surface area contributed by atoms with Crippen molar-refractivity contribution < 1.29 is 22.3 Å². The number of rotatable bonds is 8. The number of fused-ring (bicyclic) bond motifs is 1. The van der Waals surface area contributed by atoms with Crippen molar-refractivity contribution in [3.8, 4) is 34.4 Å². The highest BCUT2D eigenvalue weighted by molar-refractivity contribution is 7.91. The fourth-order valence-electron chi connectivity index (χ4n) is 3.16. The van der Waals surface area contributed by atoms with Crippen molar-refractivity contribution in [3.05, 3.63) is 65.2 Å². The van der Waals surface area contributed by atoms with Crippen LogP contribution in [0.3, 0.4) is 0 Å². The molecule has 8 nitrogen and oxygen atoms in total. The first kappa shape index (κ1) is 23.7. The van der Waals surface area contributed by atoms with E-state index < -0.39 is 10.0 Å². The summed E-state index contributed by atoms with van der Waals surface area (Å²) < 4.78 is 41.8. The number of nitrogens with zero attached hydrogens (tertiary/aromatic N) is 2. The van der Waals surface area contributed by atoms with Crippen LogP contribution in [0.25, 0.3) is 22.2 Å². The van der Waals surface area contributed by atoms with Gasteiger partial charge in [-0.3, -0.25) is 0 Å². The van der Waals surface area contributed by atoms with E-state index in [9.17, 15) is 13.7 Å². The first-order chi connectivity index (χ1) is 16.3. The van der Waals surface area contributed by atoms with E-state index in [2.05, 4.69) is 9.71 Å². The average Bonchev–Trinajstić information content (AvgIpc) is 3.18. The van der Waals surface area contributed by atoms with Gasteiger partial charge in [-0.15, -0.1) is 11.6 Å². The number of sulfonamides is 1. The van der Waals surface area contributed by atoms with E-state index in [0.717, 1.165) is 17.4 Å². The molecule has 0 radical (unpaired) electrons. The second-order valence-corrected chi connectivity index (χ2v) is 9.67. The van der Waals surface area contributed by atoms with E-state index in [-0.39, 0.29) is 34.8 Å². The van der Waals surface area contributed by atoms with E-state index in [1.807, 2.05) is 24.3 Å². The first-order valence-electron chi connectivity index (χ1n) is 9.85. The Morgan fingerprint density at radius 2 is 1.82 bits per heavy atom. The summed E-state index contributed by atoms with van der Waals surface area (Å²) in [5.41, 5.74) is 2.94. The van der Waals surface area contributed by atoms with Gasteiger partial charge in [0.05, 0.1) is 22.7 Å². The van der Waals surface area contributed by atoms with Crippen molar-refractivity contribution in [2.75, 3.05) is 23.5 Å². The Balaban J connectivity index is 1.54. The molecule has 0 saturated carbocycles. The Morgan fingerprint density at radius 1 is 1.09 bits per heavy atom. The number of nitrogens with one attached hydrogen (secondary N) is 1. The molecule has 0 spiro atoms. The zero-order chi connectivity index (χ0) is 24.3. The number of halogens is 2. The van der Waals surface area contributed by atoms with Crippen molar-refractivity contribution in [3.63, 3.8) is 0 Å². The minimum atomic E-state index is -3.49. The highest BCUT2D eigenvalue weighted by Gasteiger charge is 2.14. The van der Waals surface area contributed by atoms with Crippen LogP contribution in [-0.2, 0) is 10.0 Å². The van der Waals surface area contributed by atoms with Gasteiger partial charge in [-0.1, -0.05) is 29.8 Å². The topological polar surface area (TPSA) is 114 Å². The Hall–Kier alpha value is -3.45. The summed E-state index contributed by atoms with van der Waals surface area (Å²) in [5, 5.41) is 9.66. The third-order valence-corrected chi connectivity index (χ3v) is 5.53. The van der Waals surface area contributed by atoms with Crippen LogP contribution < -0.4 is 14.2 Å². The number of hydrogen-bond donors (Lipinski definition) is 1. The second kappa shape index (κ2) is 9.81. The number of nitriles is 1. The van der Waals surface area contributed by atoms with Crippen LogP contribution in [0.1, 0.15) is 5.56 Å². The zero-order valence-electron chi connectivity index (χ0n) is 17.7. The summed E-state index contributed by atoms with van der Waals surface area (Å²) in [6, 6.07) is 17.7. The summed E-state index contributed by atoms with van der Waals surface area (Å²) in [4.78, 5) is 4.11. The molecule has 0 saturated heterocycles. The number of ether oxygens (including phenoxy) is 2. The molecular formula is C23H17Cl2N3O5S. The van der Waals surface area contributed by atoms with Crippen LogP contribution >= 0.6 is 23.2 Å². The van der Waals surface area contributed by atoms with Crippen LogP contribution in [0.4, 0.5) is 6.01 Å². The Kier molecular flexibility index (Phi) is 6.84. The maximum absolute atomic E-state index is 11.4.